The van der Waals surface area contributed by atoms with Gasteiger partial charge in [-0.2, -0.15) is 4.31 Å². The van der Waals surface area contributed by atoms with Crippen molar-refractivity contribution in [1.82, 2.24) is 19.2 Å². The molecule has 1 saturated heterocycles. The molecule has 1 aliphatic heterocycles. The Hall–Kier alpha value is -2.00. The zero-order chi connectivity index (χ0) is 20.6. The van der Waals surface area contributed by atoms with Gasteiger partial charge in [-0.25, -0.2) is 13.4 Å². The predicted molar refractivity (Wildman–Crippen MR) is 116 cm³/mol. The van der Waals surface area contributed by atoms with Gasteiger partial charge in [0, 0.05) is 54.6 Å². The van der Waals surface area contributed by atoms with Crippen molar-refractivity contribution in [3.8, 4) is 0 Å². The molecule has 6 nitrogen and oxygen atoms in total. The number of imidazole rings is 1. The average molecular weight is 431 g/mol. The van der Waals surface area contributed by atoms with Crippen LogP contribution in [0.4, 0.5) is 0 Å². The molecule has 2 aromatic heterocycles. The third kappa shape index (κ3) is 4.16. The summed E-state index contributed by atoms with van der Waals surface area (Å²) in [5, 5.41) is 3.73. The average Bonchev–Trinajstić information content (AvgIpc) is 3.40. The third-order valence-corrected chi connectivity index (χ3v) is 8.42. The lowest BCUT2D eigenvalue weighted by Crippen LogP contribution is -2.36. The largest absolute Gasteiger partial charge is 0.339 e. The smallest absolute Gasteiger partial charge is 0.262 e. The summed E-state index contributed by atoms with van der Waals surface area (Å²) in [6.07, 6.45) is 3.08. The van der Waals surface area contributed by atoms with E-state index in [1.54, 1.807) is 33.5 Å². The first-order valence-corrected chi connectivity index (χ1v) is 11.9. The van der Waals surface area contributed by atoms with Crippen molar-refractivity contribution < 1.29 is 8.42 Å². The van der Waals surface area contributed by atoms with Crippen molar-refractivity contribution >= 4 is 21.4 Å². The van der Waals surface area contributed by atoms with E-state index < -0.39 is 10.0 Å². The van der Waals surface area contributed by atoms with Crippen LogP contribution in [-0.4, -0.2) is 41.4 Å². The van der Waals surface area contributed by atoms with Crippen molar-refractivity contribution in [2.45, 2.75) is 37.4 Å². The third-order valence-electron chi connectivity index (χ3n) is 5.55. The maximum atomic E-state index is 13.1. The molecular formula is C21H26N4O2S2. The van der Waals surface area contributed by atoms with E-state index in [1.807, 2.05) is 18.2 Å². The monoisotopic (exact) mass is 430 g/mol. The van der Waals surface area contributed by atoms with Gasteiger partial charge in [0.25, 0.3) is 10.0 Å². The van der Waals surface area contributed by atoms with Crippen LogP contribution in [0, 0.1) is 13.8 Å². The molecule has 154 valence electrons. The second kappa shape index (κ2) is 8.02. The van der Waals surface area contributed by atoms with Crippen LogP contribution in [0.1, 0.15) is 26.8 Å². The summed E-state index contributed by atoms with van der Waals surface area (Å²) in [6, 6.07) is 12.4. The minimum atomic E-state index is -3.61. The maximum Gasteiger partial charge on any atom is 0.262 e. The van der Waals surface area contributed by atoms with Gasteiger partial charge in [-0.1, -0.05) is 30.3 Å². The molecule has 0 saturated carbocycles. The van der Waals surface area contributed by atoms with Crippen LogP contribution in [0.15, 0.2) is 53.9 Å². The molecule has 2 atom stereocenters. The molecule has 2 unspecified atom stereocenters. The van der Waals surface area contributed by atoms with E-state index in [2.05, 4.69) is 42.3 Å². The van der Waals surface area contributed by atoms with Gasteiger partial charge in [-0.15, -0.1) is 11.3 Å². The molecule has 8 heteroatoms. The van der Waals surface area contributed by atoms with Crippen LogP contribution < -0.4 is 5.32 Å². The van der Waals surface area contributed by atoms with E-state index in [4.69, 9.17) is 0 Å². The number of hydrogen-bond donors (Lipinski definition) is 1. The van der Waals surface area contributed by atoms with Gasteiger partial charge in [0.05, 0.1) is 6.33 Å². The number of nitrogens with one attached hydrogen (secondary N) is 1. The van der Waals surface area contributed by atoms with Crippen LogP contribution in [0.2, 0.25) is 0 Å². The van der Waals surface area contributed by atoms with E-state index in [9.17, 15) is 8.42 Å². The Kier molecular flexibility index (Phi) is 5.61. The van der Waals surface area contributed by atoms with Gasteiger partial charge in [-0.05, 0) is 31.0 Å². The summed E-state index contributed by atoms with van der Waals surface area (Å²) in [5.74, 6) is 0.0943. The zero-order valence-corrected chi connectivity index (χ0v) is 18.5. The highest BCUT2D eigenvalue weighted by Gasteiger charge is 2.40. The summed E-state index contributed by atoms with van der Waals surface area (Å²) in [7, 11) is -1.84. The van der Waals surface area contributed by atoms with Gasteiger partial charge < -0.3 is 9.88 Å². The topological polar surface area (TPSA) is 67.2 Å². The minimum absolute atomic E-state index is 0.0404. The number of hydrogen-bond acceptors (Lipinski definition) is 5. The van der Waals surface area contributed by atoms with E-state index in [0.29, 0.717) is 13.1 Å². The predicted octanol–water partition coefficient (Wildman–Crippen LogP) is 3.04. The Labute approximate surface area is 176 Å². The number of aromatic nitrogens is 2. The van der Waals surface area contributed by atoms with Crippen LogP contribution in [-0.2, 0) is 23.6 Å². The van der Waals surface area contributed by atoms with Crippen molar-refractivity contribution in [2.75, 3.05) is 13.1 Å². The van der Waals surface area contributed by atoms with Crippen molar-refractivity contribution in [3.05, 3.63) is 69.8 Å². The summed E-state index contributed by atoms with van der Waals surface area (Å²) in [6.45, 7) is 5.88. The lowest BCUT2D eigenvalue weighted by molar-refractivity contribution is 0.454. The fourth-order valence-corrected chi connectivity index (χ4v) is 6.29. The lowest BCUT2D eigenvalue weighted by Gasteiger charge is -2.19. The van der Waals surface area contributed by atoms with Crippen LogP contribution in [0.25, 0.3) is 0 Å². The highest BCUT2D eigenvalue weighted by molar-refractivity contribution is 7.89. The van der Waals surface area contributed by atoms with Gasteiger partial charge in [0.15, 0.2) is 5.03 Å². The Morgan fingerprint density at radius 2 is 1.97 bits per heavy atom. The first-order chi connectivity index (χ1) is 13.8. The van der Waals surface area contributed by atoms with E-state index in [-0.39, 0.29) is 17.0 Å². The van der Waals surface area contributed by atoms with Gasteiger partial charge in [0.1, 0.15) is 0 Å². The van der Waals surface area contributed by atoms with Gasteiger partial charge in [-0.3, -0.25) is 0 Å². The molecule has 0 amide bonds. The van der Waals surface area contributed by atoms with E-state index in [0.717, 1.165) is 12.1 Å². The zero-order valence-electron chi connectivity index (χ0n) is 16.9. The maximum absolute atomic E-state index is 13.1. The lowest BCUT2D eigenvalue weighted by atomic mass is 9.94. The molecule has 1 aliphatic rings. The quantitative estimate of drug-likeness (QED) is 0.653. The van der Waals surface area contributed by atoms with Gasteiger partial charge in [0.2, 0.25) is 0 Å². The molecule has 0 aliphatic carbocycles. The molecule has 1 aromatic carbocycles. The fraction of sp³-hybridized carbons (Fsp3) is 0.381. The molecule has 29 heavy (non-hydrogen) atoms. The van der Waals surface area contributed by atoms with Gasteiger partial charge >= 0.3 is 0 Å². The van der Waals surface area contributed by atoms with Crippen LogP contribution in [0.5, 0.6) is 0 Å². The van der Waals surface area contributed by atoms with E-state index in [1.165, 1.54) is 21.6 Å². The Bertz CT molecular complexity index is 1070. The summed E-state index contributed by atoms with van der Waals surface area (Å²) < 4.78 is 29.5. The standard InChI is InChI=1S/C21H26N4O2S2/c1-15-9-18(28-16(15)2)10-22-20-12-25(11-19(20)17-7-5-4-6-8-17)29(26,27)21-13-24(3)14-23-21/h4-9,13-14,19-20,22H,10-12H2,1-3H3. The molecule has 4 rings (SSSR count). The summed E-state index contributed by atoms with van der Waals surface area (Å²) in [5.41, 5.74) is 2.46. The molecule has 3 aromatic rings. The van der Waals surface area contributed by atoms with E-state index >= 15 is 0 Å². The Morgan fingerprint density at radius 3 is 2.59 bits per heavy atom. The molecular weight excluding hydrogens is 404 g/mol. The summed E-state index contributed by atoms with van der Waals surface area (Å²) in [4.78, 5) is 6.68. The Morgan fingerprint density at radius 1 is 1.21 bits per heavy atom. The molecule has 1 N–H and O–H groups in total. The highest BCUT2D eigenvalue weighted by Crippen LogP contribution is 2.32. The first kappa shape index (κ1) is 20.3. The number of rotatable bonds is 6. The number of sulfonamides is 1. The molecule has 0 bridgehead atoms. The second-order valence-electron chi connectivity index (χ2n) is 7.66. The number of thiophene rings is 1. The molecule has 1 fully saturated rings. The fourth-order valence-electron chi connectivity index (χ4n) is 3.83. The molecule has 0 radical (unpaired) electrons. The number of nitrogens with zero attached hydrogens (tertiary/aromatic N) is 3. The second-order valence-corrected chi connectivity index (χ2v) is 10.9. The first-order valence-electron chi connectivity index (χ1n) is 9.67. The SMILES string of the molecule is Cc1cc(CNC2CN(S(=O)(=O)c3cn(C)cn3)CC2c2ccccc2)sc1C. The highest BCUT2D eigenvalue weighted by atomic mass is 32.2. The summed E-state index contributed by atoms with van der Waals surface area (Å²) >= 11 is 1.79. The van der Waals surface area contributed by atoms with Crippen LogP contribution in [0.3, 0.4) is 0 Å². The molecule has 3 heterocycles. The Balaban J connectivity index is 1.57. The van der Waals surface area contributed by atoms with Crippen molar-refractivity contribution in [3.63, 3.8) is 0 Å². The van der Waals surface area contributed by atoms with Crippen molar-refractivity contribution in [2.24, 2.45) is 7.05 Å². The minimum Gasteiger partial charge on any atom is -0.339 e. The number of aryl methyl sites for hydroxylation is 3. The van der Waals surface area contributed by atoms with Crippen LogP contribution >= 0.6 is 11.3 Å². The number of benzene rings is 1. The normalized spacial score (nSPS) is 20.4. The van der Waals surface area contributed by atoms with Crippen molar-refractivity contribution in [1.29, 1.82) is 0 Å². The molecule has 0 spiro atoms.